The van der Waals surface area contributed by atoms with Crippen molar-refractivity contribution in [3.05, 3.63) is 48.0 Å². The molecule has 1 atom stereocenters. The van der Waals surface area contributed by atoms with Crippen molar-refractivity contribution in [2.45, 2.75) is 25.3 Å². The van der Waals surface area contributed by atoms with Gasteiger partial charge in [-0.05, 0) is 37.6 Å². The molecule has 2 amide bonds. The van der Waals surface area contributed by atoms with E-state index in [2.05, 4.69) is 26.0 Å². The van der Waals surface area contributed by atoms with Crippen molar-refractivity contribution in [2.75, 3.05) is 26.2 Å². The highest BCUT2D eigenvalue weighted by Gasteiger charge is 2.19. The van der Waals surface area contributed by atoms with E-state index in [1.807, 2.05) is 6.07 Å². The number of carbonyl (C=O) groups is 2. The predicted molar refractivity (Wildman–Crippen MR) is 104 cm³/mol. The zero-order chi connectivity index (χ0) is 18.2. The quantitative estimate of drug-likeness (QED) is 0.602. The van der Waals surface area contributed by atoms with Crippen molar-refractivity contribution in [1.29, 1.82) is 0 Å². The molecule has 8 nitrogen and oxygen atoms in total. The number of halogens is 1. The summed E-state index contributed by atoms with van der Waals surface area (Å²) in [6.45, 7) is 2.89. The van der Waals surface area contributed by atoms with E-state index in [1.165, 1.54) is 6.20 Å². The molecule has 3 N–H and O–H groups in total. The largest absolute Gasteiger partial charge is 0.353 e. The first-order valence-corrected chi connectivity index (χ1v) is 8.91. The molecule has 0 aromatic carbocycles. The van der Waals surface area contributed by atoms with Crippen LogP contribution in [0.1, 0.15) is 34.8 Å². The van der Waals surface area contributed by atoms with Crippen molar-refractivity contribution < 1.29 is 9.59 Å². The number of amides is 2. The number of pyridine rings is 1. The zero-order valence-electron chi connectivity index (χ0n) is 15.1. The molecule has 0 radical (unpaired) electrons. The first kappa shape index (κ1) is 20.9. The highest BCUT2D eigenvalue weighted by atomic mass is 35.5. The van der Waals surface area contributed by atoms with Crippen molar-refractivity contribution in [2.24, 2.45) is 0 Å². The van der Waals surface area contributed by atoms with Crippen LogP contribution in [-0.2, 0) is 11.3 Å². The Balaban J connectivity index is 0.00000261. The van der Waals surface area contributed by atoms with Crippen LogP contribution in [0.5, 0.6) is 0 Å². The Hall–Kier alpha value is -2.45. The van der Waals surface area contributed by atoms with E-state index in [1.54, 1.807) is 29.2 Å². The smallest absolute Gasteiger partial charge is 0.252 e. The summed E-state index contributed by atoms with van der Waals surface area (Å²) in [6, 6.07) is 5.39. The summed E-state index contributed by atoms with van der Waals surface area (Å²) < 4.78 is 1.77. The lowest BCUT2D eigenvalue weighted by Crippen LogP contribution is -2.37. The number of aromatic nitrogens is 3. The molecular weight excluding hydrogens is 368 g/mol. The zero-order valence-corrected chi connectivity index (χ0v) is 15.9. The topological polar surface area (TPSA) is 101 Å². The Kier molecular flexibility index (Phi) is 8.22. The fraction of sp³-hybridized carbons (Fsp3) is 0.444. The molecule has 1 aliphatic heterocycles. The monoisotopic (exact) mass is 392 g/mol. The summed E-state index contributed by atoms with van der Waals surface area (Å²) in [7, 11) is 0. The minimum atomic E-state index is -0.202. The molecule has 0 bridgehead atoms. The summed E-state index contributed by atoms with van der Waals surface area (Å²) >= 11 is 0. The second-order valence-electron chi connectivity index (χ2n) is 6.30. The third-order valence-corrected chi connectivity index (χ3v) is 4.41. The summed E-state index contributed by atoms with van der Waals surface area (Å²) in [5.74, 6) is 0.0821. The minimum absolute atomic E-state index is 0. The lowest BCUT2D eigenvalue weighted by molar-refractivity contribution is -0.121. The summed E-state index contributed by atoms with van der Waals surface area (Å²) in [5, 5.41) is 13.2. The van der Waals surface area contributed by atoms with E-state index in [9.17, 15) is 9.59 Å². The molecular formula is C18H25ClN6O2. The Morgan fingerprint density at radius 2 is 2.07 bits per heavy atom. The average Bonchev–Trinajstić information content (AvgIpc) is 3.14. The van der Waals surface area contributed by atoms with Crippen LogP contribution in [0.15, 0.2) is 36.8 Å². The van der Waals surface area contributed by atoms with Crippen LogP contribution in [0.2, 0.25) is 0 Å². The third-order valence-electron chi connectivity index (χ3n) is 4.41. The van der Waals surface area contributed by atoms with Crippen LogP contribution in [0.3, 0.4) is 0 Å². The molecule has 3 rings (SSSR count). The molecule has 9 heteroatoms. The Morgan fingerprint density at radius 1 is 1.22 bits per heavy atom. The lowest BCUT2D eigenvalue weighted by atomic mass is 9.96. The van der Waals surface area contributed by atoms with Gasteiger partial charge in [-0.25, -0.2) is 0 Å². The van der Waals surface area contributed by atoms with Crippen molar-refractivity contribution in [3.63, 3.8) is 0 Å². The SMILES string of the molecule is Cl.O=C(Cn1nccc1C1CCCNC1)NCCNC(=O)c1cccnc1. The van der Waals surface area contributed by atoms with Gasteiger partial charge in [0.25, 0.3) is 5.91 Å². The maximum absolute atomic E-state index is 12.1. The van der Waals surface area contributed by atoms with Gasteiger partial charge in [-0.3, -0.25) is 19.3 Å². The van der Waals surface area contributed by atoms with E-state index in [0.717, 1.165) is 31.6 Å². The summed E-state index contributed by atoms with van der Waals surface area (Å²) in [5.41, 5.74) is 1.60. The van der Waals surface area contributed by atoms with Gasteiger partial charge in [0, 0.05) is 49.8 Å². The van der Waals surface area contributed by atoms with Gasteiger partial charge in [0.15, 0.2) is 0 Å². The Bertz CT molecular complexity index is 730. The molecule has 2 aromatic heterocycles. The number of carbonyl (C=O) groups excluding carboxylic acids is 2. The molecule has 3 heterocycles. The van der Waals surface area contributed by atoms with Crippen molar-refractivity contribution in [1.82, 2.24) is 30.7 Å². The first-order valence-electron chi connectivity index (χ1n) is 8.91. The van der Waals surface area contributed by atoms with Crippen LogP contribution in [0, 0.1) is 0 Å². The number of hydrogen-bond donors (Lipinski definition) is 3. The van der Waals surface area contributed by atoms with Gasteiger partial charge in [0.2, 0.25) is 5.91 Å². The molecule has 0 saturated carbocycles. The van der Waals surface area contributed by atoms with E-state index in [-0.39, 0.29) is 30.8 Å². The van der Waals surface area contributed by atoms with Crippen molar-refractivity contribution >= 4 is 24.2 Å². The Morgan fingerprint density at radius 3 is 2.81 bits per heavy atom. The minimum Gasteiger partial charge on any atom is -0.353 e. The van der Waals surface area contributed by atoms with Gasteiger partial charge < -0.3 is 16.0 Å². The van der Waals surface area contributed by atoms with E-state index in [4.69, 9.17) is 0 Å². The molecule has 1 fully saturated rings. The number of nitrogens with zero attached hydrogens (tertiary/aromatic N) is 3. The van der Waals surface area contributed by atoms with Gasteiger partial charge in [0.05, 0.1) is 5.56 Å². The van der Waals surface area contributed by atoms with Crippen LogP contribution < -0.4 is 16.0 Å². The van der Waals surface area contributed by atoms with Crippen LogP contribution in [0.25, 0.3) is 0 Å². The van der Waals surface area contributed by atoms with E-state index < -0.39 is 0 Å². The second-order valence-corrected chi connectivity index (χ2v) is 6.30. The molecule has 1 unspecified atom stereocenters. The first-order chi connectivity index (χ1) is 12.7. The molecule has 1 aliphatic rings. The average molecular weight is 393 g/mol. The molecule has 146 valence electrons. The Labute approximate surface area is 164 Å². The maximum atomic E-state index is 12.1. The van der Waals surface area contributed by atoms with Crippen molar-refractivity contribution in [3.8, 4) is 0 Å². The molecule has 2 aromatic rings. The fourth-order valence-electron chi connectivity index (χ4n) is 3.10. The van der Waals surface area contributed by atoms with Gasteiger partial charge in [0.1, 0.15) is 6.54 Å². The van der Waals surface area contributed by atoms with Crippen LogP contribution >= 0.6 is 12.4 Å². The molecule has 0 spiro atoms. The van der Waals surface area contributed by atoms with E-state index >= 15 is 0 Å². The van der Waals surface area contributed by atoms with Crippen LogP contribution in [-0.4, -0.2) is 52.8 Å². The van der Waals surface area contributed by atoms with Gasteiger partial charge in [-0.15, -0.1) is 12.4 Å². The normalized spacial score (nSPS) is 16.2. The molecule has 1 saturated heterocycles. The van der Waals surface area contributed by atoms with Gasteiger partial charge in [-0.1, -0.05) is 0 Å². The van der Waals surface area contributed by atoms with Gasteiger partial charge >= 0.3 is 0 Å². The fourth-order valence-corrected chi connectivity index (χ4v) is 3.10. The summed E-state index contributed by atoms with van der Waals surface area (Å²) in [6.07, 6.45) is 7.11. The second kappa shape index (κ2) is 10.6. The molecule has 27 heavy (non-hydrogen) atoms. The number of hydrogen-bond acceptors (Lipinski definition) is 5. The standard InChI is InChI=1S/C18H24N6O2.ClH/c25-17(21-9-10-22-18(26)15-4-2-7-20-12-15)13-24-16(5-8-23-24)14-3-1-6-19-11-14;/h2,4-5,7-8,12,14,19H,1,3,6,9-11,13H2,(H,21,25)(H,22,26);1H. The highest BCUT2D eigenvalue weighted by Crippen LogP contribution is 2.22. The maximum Gasteiger partial charge on any atom is 0.252 e. The number of nitrogens with one attached hydrogen (secondary N) is 3. The summed E-state index contributed by atoms with van der Waals surface area (Å²) in [4.78, 5) is 27.9. The number of piperidine rings is 1. The van der Waals surface area contributed by atoms with E-state index in [0.29, 0.717) is 24.6 Å². The molecule has 0 aliphatic carbocycles. The van der Waals surface area contributed by atoms with Crippen LogP contribution in [0.4, 0.5) is 0 Å². The third kappa shape index (κ3) is 6.04. The number of rotatable bonds is 7. The lowest BCUT2D eigenvalue weighted by Gasteiger charge is -2.23. The van der Waals surface area contributed by atoms with Gasteiger partial charge in [-0.2, -0.15) is 5.10 Å². The predicted octanol–water partition coefficient (Wildman–Crippen LogP) is 0.713. The highest BCUT2D eigenvalue weighted by molar-refractivity contribution is 5.93.